The molecule has 1 aromatic heterocycles. The summed E-state index contributed by atoms with van der Waals surface area (Å²) in [4.78, 5) is 4.03. The van der Waals surface area contributed by atoms with Crippen molar-refractivity contribution in [3.05, 3.63) is 24.0 Å². The first-order chi connectivity index (χ1) is 7.40. The average Bonchev–Trinajstić information content (AvgIpc) is 2.79. The highest BCUT2D eigenvalue weighted by Gasteiger charge is 2.16. The van der Waals surface area contributed by atoms with Gasteiger partial charge in [0.15, 0.2) is 0 Å². The SMILES string of the molecule is NCc1ccncc1OC[C@H]1CCOC1. The first-order valence-electron chi connectivity index (χ1n) is 5.23. The van der Waals surface area contributed by atoms with Gasteiger partial charge in [0, 0.05) is 30.8 Å². The second kappa shape index (κ2) is 5.09. The Hall–Kier alpha value is -1.13. The molecular weight excluding hydrogens is 192 g/mol. The van der Waals surface area contributed by atoms with Crippen molar-refractivity contribution in [3.63, 3.8) is 0 Å². The number of pyridine rings is 1. The molecule has 4 heteroatoms. The van der Waals surface area contributed by atoms with E-state index in [1.807, 2.05) is 6.07 Å². The van der Waals surface area contributed by atoms with Crippen molar-refractivity contribution < 1.29 is 9.47 Å². The van der Waals surface area contributed by atoms with Crippen LogP contribution >= 0.6 is 0 Å². The predicted molar refractivity (Wildman–Crippen MR) is 56.5 cm³/mol. The highest BCUT2D eigenvalue weighted by molar-refractivity contribution is 5.29. The van der Waals surface area contributed by atoms with Gasteiger partial charge in [-0.1, -0.05) is 0 Å². The fourth-order valence-corrected chi connectivity index (χ4v) is 1.63. The molecule has 2 heterocycles. The maximum Gasteiger partial charge on any atom is 0.142 e. The molecule has 1 saturated heterocycles. The van der Waals surface area contributed by atoms with Gasteiger partial charge >= 0.3 is 0 Å². The van der Waals surface area contributed by atoms with Gasteiger partial charge < -0.3 is 15.2 Å². The minimum absolute atomic E-state index is 0.485. The number of hydrogen-bond donors (Lipinski definition) is 1. The molecule has 1 atom stereocenters. The van der Waals surface area contributed by atoms with Crippen LogP contribution in [0.2, 0.25) is 0 Å². The lowest BCUT2D eigenvalue weighted by Gasteiger charge is -2.12. The zero-order chi connectivity index (χ0) is 10.5. The summed E-state index contributed by atoms with van der Waals surface area (Å²) in [6, 6.07) is 1.89. The first kappa shape index (κ1) is 10.4. The van der Waals surface area contributed by atoms with Crippen molar-refractivity contribution in [3.8, 4) is 5.75 Å². The van der Waals surface area contributed by atoms with Crippen LogP contribution in [-0.4, -0.2) is 24.8 Å². The van der Waals surface area contributed by atoms with Crippen LogP contribution < -0.4 is 10.5 Å². The van der Waals surface area contributed by atoms with Crippen LogP contribution in [-0.2, 0) is 11.3 Å². The number of hydrogen-bond acceptors (Lipinski definition) is 4. The molecule has 0 saturated carbocycles. The Bertz CT molecular complexity index is 311. The third-order valence-corrected chi connectivity index (χ3v) is 2.59. The Morgan fingerprint density at radius 2 is 2.53 bits per heavy atom. The maximum atomic E-state index is 5.69. The molecule has 1 aromatic rings. The van der Waals surface area contributed by atoms with Crippen LogP contribution in [0.15, 0.2) is 18.5 Å². The summed E-state index contributed by atoms with van der Waals surface area (Å²) < 4.78 is 11.0. The number of nitrogens with zero attached hydrogens (tertiary/aromatic N) is 1. The van der Waals surface area contributed by atoms with Crippen LogP contribution in [0, 0.1) is 5.92 Å². The minimum atomic E-state index is 0.485. The number of nitrogens with two attached hydrogens (primary N) is 1. The van der Waals surface area contributed by atoms with Gasteiger partial charge in [0.1, 0.15) is 5.75 Å². The molecule has 2 rings (SSSR count). The lowest BCUT2D eigenvalue weighted by Crippen LogP contribution is -2.13. The lowest BCUT2D eigenvalue weighted by atomic mass is 10.1. The van der Waals surface area contributed by atoms with Gasteiger partial charge in [0.25, 0.3) is 0 Å². The molecule has 2 N–H and O–H groups in total. The molecular formula is C11H16N2O2. The Morgan fingerprint density at radius 1 is 1.60 bits per heavy atom. The van der Waals surface area contributed by atoms with E-state index in [1.165, 1.54) is 0 Å². The van der Waals surface area contributed by atoms with E-state index in [1.54, 1.807) is 12.4 Å². The summed E-state index contributed by atoms with van der Waals surface area (Å²) in [5.41, 5.74) is 6.61. The number of ether oxygens (including phenoxy) is 2. The van der Waals surface area contributed by atoms with Crippen LogP contribution in [0.5, 0.6) is 5.75 Å². The average molecular weight is 208 g/mol. The fraction of sp³-hybridized carbons (Fsp3) is 0.545. The molecule has 0 bridgehead atoms. The maximum absolute atomic E-state index is 5.69. The van der Waals surface area contributed by atoms with Crippen LogP contribution in [0.25, 0.3) is 0 Å². The zero-order valence-electron chi connectivity index (χ0n) is 8.69. The van der Waals surface area contributed by atoms with Crippen LogP contribution in [0.4, 0.5) is 0 Å². The Balaban J connectivity index is 1.91. The molecule has 1 aliphatic heterocycles. The van der Waals surface area contributed by atoms with Gasteiger partial charge in [-0.3, -0.25) is 4.98 Å². The summed E-state index contributed by atoms with van der Waals surface area (Å²) in [5.74, 6) is 1.31. The van der Waals surface area contributed by atoms with Gasteiger partial charge in [-0.15, -0.1) is 0 Å². The quantitative estimate of drug-likeness (QED) is 0.800. The zero-order valence-corrected chi connectivity index (χ0v) is 8.69. The molecule has 0 aliphatic carbocycles. The normalized spacial score (nSPS) is 20.5. The molecule has 0 spiro atoms. The van der Waals surface area contributed by atoms with Gasteiger partial charge in [0.2, 0.25) is 0 Å². The second-order valence-electron chi connectivity index (χ2n) is 3.73. The predicted octanol–water partition coefficient (Wildman–Crippen LogP) is 0.956. The van der Waals surface area contributed by atoms with E-state index in [0.717, 1.165) is 30.9 Å². The molecule has 1 aliphatic rings. The Kier molecular flexibility index (Phi) is 3.53. The molecule has 4 nitrogen and oxygen atoms in total. The summed E-state index contributed by atoms with van der Waals surface area (Å²) >= 11 is 0. The smallest absolute Gasteiger partial charge is 0.142 e. The molecule has 0 radical (unpaired) electrons. The van der Waals surface area contributed by atoms with Crippen molar-refractivity contribution in [2.75, 3.05) is 19.8 Å². The third kappa shape index (κ3) is 2.67. The van der Waals surface area contributed by atoms with Crippen LogP contribution in [0.1, 0.15) is 12.0 Å². The Morgan fingerprint density at radius 3 is 3.27 bits per heavy atom. The molecule has 0 aromatic carbocycles. The standard InChI is InChI=1S/C11H16N2O2/c12-5-10-1-3-13-6-11(10)15-8-9-2-4-14-7-9/h1,3,6,9H,2,4-5,7-8,12H2/t9-/m0/s1. The molecule has 82 valence electrons. The van der Waals surface area contributed by atoms with Crippen molar-refractivity contribution in [2.24, 2.45) is 11.7 Å². The van der Waals surface area contributed by atoms with E-state index >= 15 is 0 Å². The molecule has 0 unspecified atom stereocenters. The monoisotopic (exact) mass is 208 g/mol. The largest absolute Gasteiger partial charge is 0.491 e. The second-order valence-corrected chi connectivity index (χ2v) is 3.73. The van der Waals surface area contributed by atoms with Crippen molar-refractivity contribution in [2.45, 2.75) is 13.0 Å². The lowest BCUT2D eigenvalue weighted by molar-refractivity contribution is 0.166. The van der Waals surface area contributed by atoms with Crippen molar-refractivity contribution in [1.82, 2.24) is 4.98 Å². The number of rotatable bonds is 4. The Labute approximate surface area is 89.4 Å². The summed E-state index contributed by atoms with van der Waals surface area (Å²) in [6.45, 7) is 2.83. The van der Waals surface area contributed by atoms with E-state index in [-0.39, 0.29) is 0 Å². The van der Waals surface area contributed by atoms with Gasteiger partial charge in [-0.2, -0.15) is 0 Å². The van der Waals surface area contributed by atoms with Crippen molar-refractivity contribution >= 4 is 0 Å². The van der Waals surface area contributed by atoms with Gasteiger partial charge in [-0.25, -0.2) is 0 Å². The summed E-state index contributed by atoms with van der Waals surface area (Å²) in [7, 11) is 0. The van der Waals surface area contributed by atoms with Crippen molar-refractivity contribution in [1.29, 1.82) is 0 Å². The van der Waals surface area contributed by atoms with E-state index in [2.05, 4.69) is 4.98 Å². The van der Waals surface area contributed by atoms with E-state index < -0.39 is 0 Å². The summed E-state index contributed by atoms with van der Waals surface area (Å²) in [5, 5.41) is 0. The fourth-order valence-electron chi connectivity index (χ4n) is 1.63. The number of aromatic nitrogens is 1. The topological polar surface area (TPSA) is 57.4 Å². The van der Waals surface area contributed by atoms with E-state index in [0.29, 0.717) is 19.1 Å². The van der Waals surface area contributed by atoms with Gasteiger partial charge in [0.05, 0.1) is 19.4 Å². The highest BCUT2D eigenvalue weighted by atomic mass is 16.5. The molecule has 15 heavy (non-hydrogen) atoms. The molecule has 0 amide bonds. The minimum Gasteiger partial charge on any atom is -0.491 e. The molecule has 1 fully saturated rings. The third-order valence-electron chi connectivity index (χ3n) is 2.59. The van der Waals surface area contributed by atoms with E-state index in [9.17, 15) is 0 Å². The van der Waals surface area contributed by atoms with Crippen LogP contribution in [0.3, 0.4) is 0 Å². The van der Waals surface area contributed by atoms with Gasteiger partial charge in [-0.05, 0) is 12.5 Å². The first-order valence-corrected chi connectivity index (χ1v) is 5.23. The highest BCUT2D eigenvalue weighted by Crippen LogP contribution is 2.19. The van der Waals surface area contributed by atoms with E-state index in [4.69, 9.17) is 15.2 Å². The summed E-state index contributed by atoms with van der Waals surface area (Å²) in [6.07, 6.45) is 4.53.